The van der Waals surface area contributed by atoms with Crippen molar-refractivity contribution in [2.24, 2.45) is 0 Å². The topological polar surface area (TPSA) is 58.4 Å². The predicted octanol–water partition coefficient (Wildman–Crippen LogP) is 3.92. The lowest BCUT2D eigenvalue weighted by atomic mass is 9.91. The zero-order valence-corrected chi connectivity index (χ0v) is 14.6. The van der Waals surface area contributed by atoms with Crippen molar-refractivity contribution in [3.63, 3.8) is 0 Å². The summed E-state index contributed by atoms with van der Waals surface area (Å²) in [6.07, 6.45) is 1.65. The molecule has 0 spiro atoms. The summed E-state index contributed by atoms with van der Waals surface area (Å²) in [6.45, 7) is 1.67. The quantitative estimate of drug-likeness (QED) is 0.755. The molecule has 1 aliphatic heterocycles. The molecule has 1 fully saturated rings. The monoisotopic (exact) mass is 371 g/mol. The van der Waals surface area contributed by atoms with Gasteiger partial charge >= 0.3 is 0 Å². The number of benzene rings is 2. The molecule has 140 valence electrons. The standard InChI is InChI=1S/C20H19F2N3O2/c21-14-5-6-15-18(11-14)27-24-20(15)13-7-9-25(10-8-13)12-19(26)23-17-4-2-1-3-16(17)22/h1-6,11,13H,7-10,12H2,(H,23,26). The van der Waals surface area contributed by atoms with Crippen LogP contribution in [-0.4, -0.2) is 35.6 Å². The Labute approximate surface area is 154 Å². The molecule has 0 saturated carbocycles. The summed E-state index contributed by atoms with van der Waals surface area (Å²) in [5, 5.41) is 7.58. The Bertz CT molecular complexity index is 965. The number of hydrogen-bond donors (Lipinski definition) is 1. The van der Waals surface area contributed by atoms with E-state index >= 15 is 0 Å². The number of fused-ring (bicyclic) bond motifs is 1. The van der Waals surface area contributed by atoms with Crippen molar-refractivity contribution in [3.05, 3.63) is 59.8 Å². The number of likely N-dealkylation sites (tertiary alicyclic amines) is 1. The van der Waals surface area contributed by atoms with Crippen molar-refractivity contribution in [1.82, 2.24) is 10.1 Å². The molecule has 1 amide bonds. The van der Waals surface area contributed by atoms with Gasteiger partial charge in [-0.05, 0) is 50.2 Å². The minimum atomic E-state index is -0.445. The zero-order chi connectivity index (χ0) is 18.8. The molecule has 1 saturated heterocycles. The molecule has 1 aromatic heterocycles. The van der Waals surface area contributed by atoms with E-state index in [0.29, 0.717) is 5.58 Å². The molecule has 3 aromatic rings. The number of rotatable bonds is 4. The van der Waals surface area contributed by atoms with Gasteiger partial charge < -0.3 is 9.84 Å². The van der Waals surface area contributed by atoms with E-state index in [-0.39, 0.29) is 29.9 Å². The number of nitrogens with zero attached hydrogens (tertiary/aromatic N) is 2. The average molecular weight is 371 g/mol. The number of halogens is 2. The third-order valence-electron chi connectivity index (χ3n) is 4.95. The van der Waals surface area contributed by atoms with E-state index in [4.69, 9.17) is 4.52 Å². The first-order chi connectivity index (χ1) is 13.1. The van der Waals surface area contributed by atoms with Gasteiger partial charge in [0.1, 0.15) is 11.6 Å². The first kappa shape index (κ1) is 17.6. The number of piperidine rings is 1. The Morgan fingerprint density at radius 3 is 2.74 bits per heavy atom. The van der Waals surface area contributed by atoms with Gasteiger partial charge in [0.05, 0.1) is 17.9 Å². The summed E-state index contributed by atoms with van der Waals surface area (Å²) in [4.78, 5) is 14.2. The van der Waals surface area contributed by atoms with Crippen molar-refractivity contribution < 1.29 is 18.1 Å². The first-order valence-electron chi connectivity index (χ1n) is 8.92. The molecule has 1 N–H and O–H groups in total. The number of carbonyl (C=O) groups is 1. The van der Waals surface area contributed by atoms with E-state index in [1.165, 1.54) is 24.3 Å². The van der Waals surface area contributed by atoms with Gasteiger partial charge in [0, 0.05) is 17.4 Å². The Balaban J connectivity index is 1.34. The lowest BCUT2D eigenvalue weighted by Crippen LogP contribution is -2.38. The van der Waals surface area contributed by atoms with Crippen molar-refractivity contribution in [2.45, 2.75) is 18.8 Å². The highest BCUT2D eigenvalue weighted by atomic mass is 19.1. The number of hydrogen-bond acceptors (Lipinski definition) is 4. The molecular weight excluding hydrogens is 352 g/mol. The van der Waals surface area contributed by atoms with Gasteiger partial charge in [0.25, 0.3) is 0 Å². The highest BCUT2D eigenvalue weighted by molar-refractivity contribution is 5.92. The normalized spacial score (nSPS) is 15.9. The molecule has 4 rings (SSSR count). The van der Waals surface area contributed by atoms with Crippen LogP contribution in [0.1, 0.15) is 24.5 Å². The summed E-state index contributed by atoms with van der Waals surface area (Å²) in [6, 6.07) is 10.6. The van der Waals surface area contributed by atoms with Crippen LogP contribution >= 0.6 is 0 Å². The van der Waals surface area contributed by atoms with Crippen LogP contribution in [0.5, 0.6) is 0 Å². The van der Waals surface area contributed by atoms with E-state index in [0.717, 1.165) is 37.0 Å². The van der Waals surface area contributed by atoms with E-state index in [1.807, 2.05) is 4.90 Å². The maximum atomic E-state index is 13.6. The SMILES string of the molecule is O=C(CN1CCC(c2noc3cc(F)ccc23)CC1)Nc1ccccc1F. The maximum Gasteiger partial charge on any atom is 0.238 e. The van der Waals surface area contributed by atoms with Gasteiger partial charge in [-0.15, -0.1) is 0 Å². The van der Waals surface area contributed by atoms with Crippen molar-refractivity contribution >= 4 is 22.6 Å². The third kappa shape index (κ3) is 3.83. The molecule has 5 nitrogen and oxygen atoms in total. The van der Waals surface area contributed by atoms with Crippen molar-refractivity contribution in [1.29, 1.82) is 0 Å². The van der Waals surface area contributed by atoms with Gasteiger partial charge in [0.2, 0.25) is 5.91 Å². The van der Waals surface area contributed by atoms with Gasteiger partial charge in [-0.25, -0.2) is 8.78 Å². The van der Waals surface area contributed by atoms with E-state index < -0.39 is 5.82 Å². The van der Waals surface area contributed by atoms with E-state index in [2.05, 4.69) is 10.5 Å². The fraction of sp³-hybridized carbons (Fsp3) is 0.300. The second-order valence-electron chi connectivity index (χ2n) is 6.79. The number of carbonyl (C=O) groups excluding carboxylic acids is 1. The molecule has 0 atom stereocenters. The smallest absolute Gasteiger partial charge is 0.238 e. The summed E-state index contributed by atoms with van der Waals surface area (Å²) < 4.78 is 32.2. The number of para-hydroxylation sites is 1. The molecule has 2 heterocycles. The van der Waals surface area contributed by atoms with E-state index in [1.54, 1.807) is 18.2 Å². The first-order valence-corrected chi connectivity index (χ1v) is 8.92. The number of anilines is 1. The predicted molar refractivity (Wildman–Crippen MR) is 97.4 cm³/mol. The fourth-order valence-electron chi connectivity index (χ4n) is 3.55. The molecule has 0 bridgehead atoms. The Morgan fingerprint density at radius 2 is 1.96 bits per heavy atom. The second-order valence-corrected chi connectivity index (χ2v) is 6.79. The highest BCUT2D eigenvalue weighted by Gasteiger charge is 2.26. The number of amides is 1. The van der Waals surface area contributed by atoms with Gasteiger partial charge in [-0.2, -0.15) is 0 Å². The Morgan fingerprint density at radius 1 is 1.19 bits per heavy atom. The molecular formula is C20H19F2N3O2. The zero-order valence-electron chi connectivity index (χ0n) is 14.6. The maximum absolute atomic E-state index is 13.6. The lowest BCUT2D eigenvalue weighted by Gasteiger charge is -2.30. The van der Waals surface area contributed by atoms with Crippen molar-refractivity contribution in [2.75, 3.05) is 25.0 Å². The van der Waals surface area contributed by atoms with Gasteiger partial charge in [0.15, 0.2) is 5.58 Å². The minimum Gasteiger partial charge on any atom is -0.356 e. The third-order valence-corrected chi connectivity index (χ3v) is 4.95. The largest absolute Gasteiger partial charge is 0.356 e. The molecule has 0 aliphatic carbocycles. The van der Waals surface area contributed by atoms with Gasteiger partial charge in [-0.1, -0.05) is 17.3 Å². The summed E-state index contributed by atoms with van der Waals surface area (Å²) in [7, 11) is 0. The van der Waals surface area contributed by atoms with E-state index in [9.17, 15) is 13.6 Å². The minimum absolute atomic E-state index is 0.193. The van der Waals surface area contributed by atoms with Crippen LogP contribution in [0, 0.1) is 11.6 Å². The van der Waals surface area contributed by atoms with Crippen LogP contribution in [0.2, 0.25) is 0 Å². The van der Waals surface area contributed by atoms with Gasteiger partial charge in [-0.3, -0.25) is 9.69 Å². The average Bonchev–Trinajstić information content (AvgIpc) is 3.07. The Hall–Kier alpha value is -2.80. The summed E-state index contributed by atoms with van der Waals surface area (Å²) in [5.41, 5.74) is 1.50. The Kier molecular flexibility index (Phi) is 4.85. The van der Waals surface area contributed by atoms with Crippen molar-refractivity contribution in [3.8, 4) is 0 Å². The highest BCUT2D eigenvalue weighted by Crippen LogP contribution is 2.32. The van der Waals surface area contributed by atoms with Crippen LogP contribution in [0.3, 0.4) is 0 Å². The molecule has 7 heteroatoms. The number of nitrogens with one attached hydrogen (secondary N) is 1. The molecule has 1 aliphatic rings. The summed E-state index contributed by atoms with van der Waals surface area (Å²) >= 11 is 0. The fourth-order valence-corrected chi connectivity index (χ4v) is 3.55. The summed E-state index contributed by atoms with van der Waals surface area (Å²) in [5.74, 6) is -0.816. The van der Waals surface area contributed by atoms with Crippen LogP contribution < -0.4 is 5.32 Å². The number of aromatic nitrogens is 1. The molecule has 0 radical (unpaired) electrons. The van der Waals surface area contributed by atoms with Crippen LogP contribution in [0.4, 0.5) is 14.5 Å². The molecule has 2 aromatic carbocycles. The van der Waals surface area contributed by atoms with Crippen LogP contribution in [0.15, 0.2) is 47.0 Å². The van der Waals surface area contributed by atoms with Crippen LogP contribution in [-0.2, 0) is 4.79 Å². The molecule has 0 unspecified atom stereocenters. The molecule has 27 heavy (non-hydrogen) atoms. The lowest BCUT2D eigenvalue weighted by molar-refractivity contribution is -0.117. The van der Waals surface area contributed by atoms with Crippen LogP contribution in [0.25, 0.3) is 11.0 Å². The second kappa shape index (κ2) is 7.44.